The first-order valence-electron chi connectivity index (χ1n) is 16.0. The van der Waals surface area contributed by atoms with Gasteiger partial charge in [0.2, 0.25) is 0 Å². The average Bonchev–Trinajstić information content (AvgIpc) is 2.95. The molecule has 0 bridgehead atoms. The predicted octanol–water partition coefficient (Wildman–Crippen LogP) is 8.77. The molecule has 2 fully saturated rings. The van der Waals surface area contributed by atoms with Gasteiger partial charge in [-0.1, -0.05) is 95.3 Å². The number of methoxy groups -OCH3 is 1. The van der Waals surface area contributed by atoms with E-state index in [9.17, 15) is 0 Å². The van der Waals surface area contributed by atoms with Crippen molar-refractivity contribution >= 4 is 8.32 Å². The first-order chi connectivity index (χ1) is 19.9. The lowest BCUT2D eigenvalue weighted by Crippen LogP contribution is -2.64. The predicted molar refractivity (Wildman–Crippen MR) is 173 cm³/mol. The minimum absolute atomic E-state index is 0.0348. The third kappa shape index (κ3) is 7.56. The average molecular weight is 597 g/mol. The van der Waals surface area contributed by atoms with E-state index >= 15 is 0 Å². The third-order valence-electron chi connectivity index (χ3n) is 10.8. The van der Waals surface area contributed by atoms with Crippen LogP contribution in [0.2, 0.25) is 18.1 Å². The minimum Gasteiger partial charge on any atom is -0.413 e. The van der Waals surface area contributed by atoms with Gasteiger partial charge in [0.05, 0.1) is 31.5 Å². The second-order valence-electron chi connectivity index (χ2n) is 14.7. The molecule has 0 saturated heterocycles. The van der Waals surface area contributed by atoms with E-state index in [0.717, 1.165) is 32.1 Å². The lowest BCUT2D eigenvalue weighted by molar-refractivity contribution is -0.240. The Balaban J connectivity index is 1.64. The maximum Gasteiger partial charge on any atom is 0.192 e. The Hall–Kier alpha value is -1.54. The number of fused-ring (bicyclic) bond motifs is 1. The molecule has 2 aromatic carbocycles. The van der Waals surface area contributed by atoms with Gasteiger partial charge in [-0.15, -0.1) is 0 Å². The summed E-state index contributed by atoms with van der Waals surface area (Å²) >= 11 is 0. The molecule has 2 aliphatic rings. The number of hydrogen-bond acceptors (Lipinski definition) is 5. The van der Waals surface area contributed by atoms with Crippen molar-refractivity contribution < 1.29 is 23.4 Å². The van der Waals surface area contributed by atoms with E-state index in [4.69, 9.17) is 23.4 Å². The summed E-state index contributed by atoms with van der Waals surface area (Å²) in [6.07, 6.45) is 5.32. The summed E-state index contributed by atoms with van der Waals surface area (Å²) in [5.41, 5.74) is 2.22. The summed E-state index contributed by atoms with van der Waals surface area (Å²) in [6.45, 7) is 18.9. The van der Waals surface area contributed by atoms with Crippen LogP contribution in [0.5, 0.6) is 0 Å². The van der Waals surface area contributed by atoms with Gasteiger partial charge in [-0.3, -0.25) is 0 Å². The van der Waals surface area contributed by atoms with Crippen LogP contribution in [0.3, 0.4) is 0 Å². The summed E-state index contributed by atoms with van der Waals surface area (Å²) in [4.78, 5) is 0. The number of hydrogen-bond donors (Lipinski definition) is 0. The van der Waals surface area contributed by atoms with Gasteiger partial charge in [-0.2, -0.15) is 0 Å². The van der Waals surface area contributed by atoms with Crippen molar-refractivity contribution in [3.05, 3.63) is 71.8 Å². The third-order valence-corrected chi connectivity index (χ3v) is 15.2. The fraction of sp³-hybridized carbons (Fsp3) is 0.667. The van der Waals surface area contributed by atoms with Crippen molar-refractivity contribution in [2.45, 2.75) is 116 Å². The molecule has 0 aliphatic heterocycles. The second kappa shape index (κ2) is 14.0. The molecule has 2 aromatic rings. The van der Waals surface area contributed by atoms with Crippen molar-refractivity contribution in [1.29, 1.82) is 0 Å². The van der Waals surface area contributed by atoms with E-state index in [0.29, 0.717) is 26.6 Å². The summed E-state index contributed by atoms with van der Waals surface area (Å²) < 4.78 is 32.5. The molecule has 0 heterocycles. The highest BCUT2D eigenvalue weighted by Gasteiger charge is 2.62. The van der Waals surface area contributed by atoms with E-state index < -0.39 is 8.32 Å². The van der Waals surface area contributed by atoms with Crippen LogP contribution in [-0.2, 0) is 36.6 Å². The summed E-state index contributed by atoms with van der Waals surface area (Å²) in [6, 6.07) is 21.0. The SMILES string of the molecule is COCO[C@@H]1CC[C@@H](O[Si](C)(C)C(C)(C)C)[C@]2(C)CC[C@@H](OCc3ccccc3)[C@@](C)(CCOCc3ccccc3)[C@@H]12. The molecule has 42 heavy (non-hydrogen) atoms. The number of benzene rings is 2. The largest absolute Gasteiger partial charge is 0.413 e. The van der Waals surface area contributed by atoms with Gasteiger partial charge in [-0.25, -0.2) is 0 Å². The van der Waals surface area contributed by atoms with Gasteiger partial charge in [0, 0.05) is 25.0 Å². The topological polar surface area (TPSA) is 46.2 Å². The van der Waals surface area contributed by atoms with Crippen LogP contribution in [0.1, 0.15) is 77.8 Å². The molecule has 0 aromatic heterocycles. The highest BCUT2D eigenvalue weighted by Crippen LogP contribution is 2.62. The van der Waals surface area contributed by atoms with Crippen LogP contribution >= 0.6 is 0 Å². The van der Waals surface area contributed by atoms with Crippen molar-refractivity contribution in [2.75, 3.05) is 20.5 Å². The zero-order valence-electron chi connectivity index (χ0n) is 27.5. The van der Waals surface area contributed by atoms with Crippen molar-refractivity contribution in [3.63, 3.8) is 0 Å². The maximum atomic E-state index is 7.29. The van der Waals surface area contributed by atoms with Crippen LogP contribution in [0.15, 0.2) is 60.7 Å². The fourth-order valence-electron chi connectivity index (χ4n) is 7.38. The van der Waals surface area contributed by atoms with Crippen LogP contribution in [0.4, 0.5) is 0 Å². The Bertz CT molecular complexity index is 1090. The molecule has 2 saturated carbocycles. The highest BCUT2D eigenvalue weighted by atomic mass is 28.4. The molecule has 234 valence electrons. The standard InChI is InChI=1S/C36H56O5Si/c1-34(2,3)42(7,8)41-32-20-19-30(40-27-37-6)33-35(32,4)22-21-31(39-26-29-17-13-10-14-18-29)36(33,5)23-24-38-25-28-15-11-9-12-16-28/h9-18,30-33H,19-27H2,1-8H3/t30-,31-,32-,33+,35+,36-/m1/s1. The first kappa shape index (κ1) is 33.4. The van der Waals surface area contributed by atoms with Gasteiger partial charge in [0.1, 0.15) is 6.79 Å². The molecule has 0 N–H and O–H groups in total. The minimum atomic E-state index is -1.98. The van der Waals surface area contributed by atoms with Gasteiger partial charge in [-0.05, 0) is 66.8 Å². The highest BCUT2D eigenvalue weighted by molar-refractivity contribution is 6.74. The van der Waals surface area contributed by atoms with Crippen molar-refractivity contribution in [2.24, 2.45) is 16.7 Å². The van der Waals surface area contributed by atoms with Crippen LogP contribution < -0.4 is 0 Å². The molecule has 0 spiro atoms. The zero-order valence-corrected chi connectivity index (χ0v) is 28.5. The Kier molecular flexibility index (Phi) is 11.2. The summed E-state index contributed by atoms with van der Waals surface area (Å²) in [5.74, 6) is 0.249. The lowest BCUT2D eigenvalue weighted by atomic mass is 9.47. The van der Waals surface area contributed by atoms with Crippen molar-refractivity contribution in [3.8, 4) is 0 Å². The summed E-state index contributed by atoms with van der Waals surface area (Å²) in [7, 11) is -0.259. The summed E-state index contributed by atoms with van der Waals surface area (Å²) in [5, 5.41) is 0.160. The molecule has 4 rings (SSSR count). The number of ether oxygens (including phenoxy) is 4. The molecule has 0 amide bonds. The Morgan fingerprint density at radius 3 is 2.02 bits per heavy atom. The molecule has 0 radical (unpaired) electrons. The Labute approximate surface area is 256 Å². The van der Waals surface area contributed by atoms with Crippen LogP contribution in [-0.4, -0.2) is 47.1 Å². The lowest BCUT2D eigenvalue weighted by Gasteiger charge is -2.63. The second-order valence-corrected chi connectivity index (χ2v) is 19.4. The van der Waals surface area contributed by atoms with Crippen LogP contribution in [0, 0.1) is 16.7 Å². The normalized spacial score (nSPS) is 30.2. The van der Waals surface area contributed by atoms with Crippen LogP contribution in [0.25, 0.3) is 0 Å². The van der Waals surface area contributed by atoms with E-state index in [1.165, 1.54) is 11.1 Å². The van der Waals surface area contributed by atoms with E-state index in [1.54, 1.807) is 7.11 Å². The van der Waals surface area contributed by atoms with E-state index in [-0.39, 0.29) is 40.1 Å². The van der Waals surface area contributed by atoms with Gasteiger partial charge in [0.15, 0.2) is 8.32 Å². The monoisotopic (exact) mass is 596 g/mol. The van der Waals surface area contributed by atoms with Gasteiger partial charge >= 0.3 is 0 Å². The smallest absolute Gasteiger partial charge is 0.192 e. The molecule has 2 aliphatic carbocycles. The molecule has 6 heteroatoms. The van der Waals surface area contributed by atoms with Crippen molar-refractivity contribution in [1.82, 2.24) is 0 Å². The molecular formula is C36H56O5Si. The molecular weight excluding hydrogens is 540 g/mol. The van der Waals surface area contributed by atoms with Gasteiger partial charge in [0.25, 0.3) is 0 Å². The fourth-order valence-corrected chi connectivity index (χ4v) is 8.83. The van der Waals surface area contributed by atoms with E-state index in [1.807, 2.05) is 6.07 Å². The quantitative estimate of drug-likeness (QED) is 0.131. The van der Waals surface area contributed by atoms with E-state index in [2.05, 4.69) is 102 Å². The molecule has 5 nitrogen and oxygen atoms in total. The molecule has 6 atom stereocenters. The maximum absolute atomic E-state index is 7.29. The Morgan fingerprint density at radius 2 is 1.43 bits per heavy atom. The number of rotatable bonds is 13. The van der Waals surface area contributed by atoms with Gasteiger partial charge < -0.3 is 23.4 Å². The first-order valence-corrected chi connectivity index (χ1v) is 18.9. The zero-order chi connectivity index (χ0) is 30.4. The molecule has 0 unspecified atom stereocenters. The Morgan fingerprint density at radius 1 is 0.810 bits per heavy atom.